The lowest BCUT2D eigenvalue weighted by atomic mass is 9.97. The number of amides is 1. The predicted molar refractivity (Wildman–Crippen MR) is 79.7 cm³/mol. The van der Waals surface area contributed by atoms with Crippen molar-refractivity contribution in [1.82, 2.24) is 5.32 Å². The van der Waals surface area contributed by atoms with Gasteiger partial charge in [0.15, 0.2) is 0 Å². The summed E-state index contributed by atoms with van der Waals surface area (Å²) in [5, 5.41) is 3.32. The molecule has 20 heavy (non-hydrogen) atoms. The van der Waals surface area contributed by atoms with E-state index in [-0.39, 0.29) is 5.91 Å². The van der Waals surface area contributed by atoms with Crippen LogP contribution in [0, 0.1) is 0 Å². The number of carbonyl (C=O) groups excluding carboxylic acids is 1. The van der Waals surface area contributed by atoms with Gasteiger partial charge in [-0.3, -0.25) is 4.79 Å². The SMILES string of the molecule is CCc1ccc(OCCC(C)(NC2CC2)C(N)=O)cc1. The first-order chi connectivity index (χ1) is 9.53. The quantitative estimate of drug-likeness (QED) is 0.763. The Morgan fingerprint density at radius 3 is 2.55 bits per heavy atom. The maximum atomic E-state index is 11.6. The smallest absolute Gasteiger partial charge is 0.237 e. The molecule has 3 N–H and O–H groups in total. The molecule has 0 saturated heterocycles. The lowest BCUT2D eigenvalue weighted by Crippen LogP contribution is -2.54. The van der Waals surface area contributed by atoms with E-state index < -0.39 is 5.54 Å². The second kappa shape index (κ2) is 6.27. The van der Waals surface area contributed by atoms with Crippen LogP contribution in [-0.2, 0) is 11.2 Å². The zero-order valence-electron chi connectivity index (χ0n) is 12.3. The topological polar surface area (TPSA) is 64.3 Å². The third-order valence-corrected chi connectivity index (χ3v) is 3.85. The van der Waals surface area contributed by atoms with Gasteiger partial charge in [-0.25, -0.2) is 0 Å². The Hall–Kier alpha value is -1.55. The Labute approximate surface area is 120 Å². The molecule has 0 bridgehead atoms. The van der Waals surface area contributed by atoms with Gasteiger partial charge in [0.25, 0.3) is 0 Å². The molecule has 4 nitrogen and oxygen atoms in total. The van der Waals surface area contributed by atoms with E-state index in [9.17, 15) is 4.79 Å². The van der Waals surface area contributed by atoms with Crippen molar-refractivity contribution in [1.29, 1.82) is 0 Å². The van der Waals surface area contributed by atoms with Crippen molar-refractivity contribution in [3.63, 3.8) is 0 Å². The van der Waals surface area contributed by atoms with E-state index in [1.165, 1.54) is 5.56 Å². The second-order valence-corrected chi connectivity index (χ2v) is 5.71. The monoisotopic (exact) mass is 276 g/mol. The maximum absolute atomic E-state index is 11.6. The number of carbonyl (C=O) groups is 1. The zero-order chi connectivity index (χ0) is 14.6. The van der Waals surface area contributed by atoms with Crippen molar-refractivity contribution in [3.05, 3.63) is 29.8 Å². The van der Waals surface area contributed by atoms with Crippen LogP contribution in [0.25, 0.3) is 0 Å². The van der Waals surface area contributed by atoms with Crippen LogP contribution < -0.4 is 15.8 Å². The molecule has 0 aliphatic heterocycles. The zero-order valence-corrected chi connectivity index (χ0v) is 12.3. The molecule has 4 heteroatoms. The third-order valence-electron chi connectivity index (χ3n) is 3.85. The fourth-order valence-electron chi connectivity index (χ4n) is 2.14. The standard InChI is InChI=1S/C16H24N2O2/c1-3-12-4-8-14(9-5-12)20-11-10-16(2,15(17)19)18-13-6-7-13/h4-5,8-9,13,18H,3,6-7,10-11H2,1-2H3,(H2,17,19). The highest BCUT2D eigenvalue weighted by molar-refractivity contribution is 5.84. The Kier molecular flexibility index (Phi) is 4.65. The van der Waals surface area contributed by atoms with E-state index in [1.807, 2.05) is 19.1 Å². The average molecular weight is 276 g/mol. The van der Waals surface area contributed by atoms with Crippen molar-refractivity contribution in [2.24, 2.45) is 5.73 Å². The third kappa shape index (κ3) is 3.97. The molecule has 1 amide bonds. The van der Waals surface area contributed by atoms with Gasteiger partial charge in [0.1, 0.15) is 5.75 Å². The Morgan fingerprint density at radius 2 is 2.05 bits per heavy atom. The first-order valence-electron chi connectivity index (χ1n) is 7.33. The van der Waals surface area contributed by atoms with Crippen LogP contribution in [0.1, 0.15) is 38.7 Å². The van der Waals surface area contributed by atoms with Gasteiger partial charge in [0.2, 0.25) is 5.91 Å². The highest BCUT2D eigenvalue weighted by Crippen LogP contribution is 2.24. The molecule has 0 aromatic heterocycles. The van der Waals surface area contributed by atoms with Crippen molar-refractivity contribution >= 4 is 5.91 Å². The van der Waals surface area contributed by atoms with Gasteiger partial charge in [-0.1, -0.05) is 19.1 Å². The van der Waals surface area contributed by atoms with Crippen molar-refractivity contribution < 1.29 is 9.53 Å². The average Bonchev–Trinajstić information content (AvgIpc) is 3.23. The summed E-state index contributed by atoms with van der Waals surface area (Å²) in [6, 6.07) is 8.50. The van der Waals surface area contributed by atoms with Gasteiger partial charge in [0, 0.05) is 12.5 Å². The fourth-order valence-corrected chi connectivity index (χ4v) is 2.14. The van der Waals surface area contributed by atoms with Crippen molar-refractivity contribution in [2.45, 2.75) is 51.1 Å². The molecule has 1 aliphatic rings. The lowest BCUT2D eigenvalue weighted by Gasteiger charge is -2.27. The van der Waals surface area contributed by atoms with Crippen molar-refractivity contribution in [3.8, 4) is 5.75 Å². The largest absolute Gasteiger partial charge is 0.494 e. The van der Waals surface area contributed by atoms with Crippen LogP contribution >= 0.6 is 0 Å². The van der Waals surface area contributed by atoms with Crippen molar-refractivity contribution in [2.75, 3.05) is 6.61 Å². The van der Waals surface area contributed by atoms with Crippen LogP contribution in [-0.4, -0.2) is 24.1 Å². The predicted octanol–water partition coefficient (Wildman–Crippen LogP) is 2.01. The molecule has 1 unspecified atom stereocenters. The number of nitrogens with one attached hydrogen (secondary N) is 1. The van der Waals surface area contributed by atoms with E-state index in [2.05, 4.69) is 24.4 Å². The van der Waals surface area contributed by atoms with Gasteiger partial charge in [-0.15, -0.1) is 0 Å². The van der Waals surface area contributed by atoms with E-state index in [1.54, 1.807) is 0 Å². The minimum atomic E-state index is -0.676. The molecule has 0 spiro atoms. The van der Waals surface area contributed by atoms with E-state index in [4.69, 9.17) is 10.5 Å². The molecule has 110 valence electrons. The summed E-state index contributed by atoms with van der Waals surface area (Å²) in [5.41, 5.74) is 6.12. The summed E-state index contributed by atoms with van der Waals surface area (Å²) in [6.07, 6.45) is 3.85. The second-order valence-electron chi connectivity index (χ2n) is 5.71. The molecule has 1 aromatic rings. The molecule has 1 aliphatic carbocycles. The summed E-state index contributed by atoms with van der Waals surface area (Å²) < 4.78 is 5.71. The number of rotatable bonds is 8. The molecular formula is C16H24N2O2. The lowest BCUT2D eigenvalue weighted by molar-refractivity contribution is -0.124. The minimum Gasteiger partial charge on any atom is -0.494 e. The summed E-state index contributed by atoms with van der Waals surface area (Å²) in [6.45, 7) is 4.46. The van der Waals surface area contributed by atoms with Crippen LogP contribution in [0.15, 0.2) is 24.3 Å². The molecular weight excluding hydrogens is 252 g/mol. The van der Waals surface area contributed by atoms with Gasteiger partial charge < -0.3 is 15.8 Å². The van der Waals surface area contributed by atoms with Crippen LogP contribution in [0.4, 0.5) is 0 Å². The normalized spacial score (nSPS) is 17.5. The number of ether oxygens (including phenoxy) is 1. The van der Waals surface area contributed by atoms with Gasteiger partial charge >= 0.3 is 0 Å². The first kappa shape index (κ1) is 14.9. The number of nitrogens with two attached hydrogens (primary N) is 1. The van der Waals surface area contributed by atoms with E-state index >= 15 is 0 Å². The molecule has 0 radical (unpaired) electrons. The summed E-state index contributed by atoms with van der Waals surface area (Å²) in [4.78, 5) is 11.6. The first-order valence-corrected chi connectivity index (χ1v) is 7.33. The highest BCUT2D eigenvalue weighted by Gasteiger charge is 2.36. The number of hydrogen-bond acceptors (Lipinski definition) is 3. The van der Waals surface area contributed by atoms with Crippen LogP contribution in [0.3, 0.4) is 0 Å². The number of benzene rings is 1. The summed E-state index contributed by atoms with van der Waals surface area (Å²) in [5.74, 6) is 0.523. The summed E-state index contributed by atoms with van der Waals surface area (Å²) >= 11 is 0. The van der Waals surface area contributed by atoms with E-state index in [0.717, 1.165) is 25.0 Å². The van der Waals surface area contributed by atoms with Gasteiger partial charge in [-0.05, 0) is 43.9 Å². The minimum absolute atomic E-state index is 0.311. The van der Waals surface area contributed by atoms with E-state index in [0.29, 0.717) is 19.1 Å². The number of aryl methyl sites for hydroxylation is 1. The number of primary amides is 1. The van der Waals surface area contributed by atoms with Gasteiger partial charge in [0.05, 0.1) is 12.1 Å². The molecule has 1 saturated carbocycles. The number of hydrogen-bond donors (Lipinski definition) is 2. The summed E-state index contributed by atoms with van der Waals surface area (Å²) in [7, 11) is 0. The van der Waals surface area contributed by atoms with Crippen LogP contribution in [0.5, 0.6) is 5.75 Å². The Morgan fingerprint density at radius 1 is 1.40 bits per heavy atom. The highest BCUT2D eigenvalue weighted by atomic mass is 16.5. The Balaban J connectivity index is 1.84. The van der Waals surface area contributed by atoms with Gasteiger partial charge in [-0.2, -0.15) is 0 Å². The Bertz CT molecular complexity index is 454. The molecule has 1 atom stereocenters. The molecule has 2 rings (SSSR count). The fraction of sp³-hybridized carbons (Fsp3) is 0.562. The molecule has 0 heterocycles. The van der Waals surface area contributed by atoms with Crippen LogP contribution in [0.2, 0.25) is 0 Å². The molecule has 1 aromatic carbocycles. The molecule has 1 fully saturated rings. The maximum Gasteiger partial charge on any atom is 0.237 e.